The van der Waals surface area contributed by atoms with Crippen molar-refractivity contribution in [2.75, 3.05) is 6.54 Å². The van der Waals surface area contributed by atoms with Crippen molar-refractivity contribution in [3.05, 3.63) is 35.1 Å². The number of hydrogen-bond acceptors (Lipinski definition) is 3. The number of halogens is 1. The molecule has 3 nitrogen and oxygen atoms in total. The van der Waals surface area contributed by atoms with Gasteiger partial charge in [0.1, 0.15) is 5.82 Å². The summed E-state index contributed by atoms with van der Waals surface area (Å²) in [6.45, 7) is 0.0658. The van der Waals surface area contributed by atoms with Gasteiger partial charge in [0.05, 0.1) is 6.61 Å². The molecule has 0 aliphatic rings. The molecule has 0 fully saturated rings. The Kier molecular flexibility index (Phi) is 3.36. The van der Waals surface area contributed by atoms with E-state index in [1.165, 1.54) is 18.2 Å². The van der Waals surface area contributed by atoms with E-state index in [4.69, 9.17) is 16.6 Å². The molecule has 0 bridgehead atoms. The molecule has 1 rings (SSSR count). The minimum atomic E-state index is -0.508. The maximum atomic E-state index is 13.1. The number of hydrogen-bond donors (Lipinski definition) is 3. The second-order valence-corrected chi connectivity index (χ2v) is 2.86. The number of benzene rings is 1. The largest absolute Gasteiger partial charge is 0.392 e. The van der Waals surface area contributed by atoms with E-state index >= 15 is 0 Å². The van der Waals surface area contributed by atoms with E-state index in [1.807, 2.05) is 0 Å². The van der Waals surface area contributed by atoms with Gasteiger partial charge in [-0.3, -0.25) is 0 Å². The average Bonchev–Trinajstić information content (AvgIpc) is 2.17. The van der Waals surface area contributed by atoms with E-state index in [2.05, 4.69) is 0 Å². The van der Waals surface area contributed by atoms with Crippen LogP contribution in [0.2, 0.25) is 0 Å². The summed E-state index contributed by atoms with van der Waals surface area (Å²) in [5, 5.41) is 8.81. The summed E-state index contributed by atoms with van der Waals surface area (Å²) < 4.78 is 13.1. The molecule has 13 heavy (non-hydrogen) atoms. The fourth-order valence-corrected chi connectivity index (χ4v) is 1.10. The number of aliphatic hydroxyl groups excluding tert-OH is 1. The molecule has 0 amide bonds. The first-order chi connectivity index (χ1) is 6.19. The molecule has 4 heteroatoms. The van der Waals surface area contributed by atoms with E-state index < -0.39 is 6.04 Å². The van der Waals surface area contributed by atoms with Crippen LogP contribution in [0.3, 0.4) is 0 Å². The smallest absolute Gasteiger partial charge is 0.128 e. The predicted molar refractivity (Wildman–Crippen MR) is 48.3 cm³/mol. The third kappa shape index (κ3) is 2.24. The molecule has 0 aliphatic heterocycles. The summed E-state index contributed by atoms with van der Waals surface area (Å²) in [4.78, 5) is 0. The molecule has 0 heterocycles. The summed E-state index contributed by atoms with van der Waals surface area (Å²) in [6, 6.07) is 3.83. The lowest BCUT2D eigenvalue weighted by molar-refractivity contribution is 0.281. The van der Waals surface area contributed by atoms with Crippen LogP contribution in [-0.2, 0) is 6.61 Å². The Morgan fingerprint density at radius 2 is 2.15 bits per heavy atom. The SMILES string of the molecule is NCC(N)c1cc(CO)ccc1F. The quantitative estimate of drug-likeness (QED) is 0.631. The molecule has 1 aromatic carbocycles. The highest BCUT2D eigenvalue weighted by Crippen LogP contribution is 2.16. The van der Waals surface area contributed by atoms with Gasteiger partial charge in [0, 0.05) is 18.2 Å². The Bertz CT molecular complexity index is 291. The molecule has 1 atom stereocenters. The van der Waals surface area contributed by atoms with Gasteiger partial charge in [-0.15, -0.1) is 0 Å². The van der Waals surface area contributed by atoms with E-state index in [0.717, 1.165) is 0 Å². The molecule has 5 N–H and O–H groups in total. The lowest BCUT2D eigenvalue weighted by Crippen LogP contribution is -2.22. The van der Waals surface area contributed by atoms with Gasteiger partial charge < -0.3 is 16.6 Å². The fourth-order valence-electron chi connectivity index (χ4n) is 1.10. The maximum Gasteiger partial charge on any atom is 0.128 e. The topological polar surface area (TPSA) is 72.3 Å². The first kappa shape index (κ1) is 10.1. The van der Waals surface area contributed by atoms with Crippen molar-refractivity contribution in [2.45, 2.75) is 12.6 Å². The van der Waals surface area contributed by atoms with Crippen molar-refractivity contribution in [3.63, 3.8) is 0 Å². The third-order valence-electron chi connectivity index (χ3n) is 1.90. The van der Waals surface area contributed by atoms with E-state index in [-0.39, 0.29) is 19.0 Å². The lowest BCUT2D eigenvalue weighted by atomic mass is 10.0. The summed E-state index contributed by atoms with van der Waals surface area (Å²) in [7, 11) is 0. The molecule has 72 valence electrons. The standard InChI is InChI=1S/C9H13FN2O/c10-8-2-1-6(5-13)3-7(8)9(12)4-11/h1-3,9,13H,4-5,11-12H2. The minimum absolute atomic E-state index is 0.120. The normalized spacial score (nSPS) is 12.9. The molecule has 0 saturated heterocycles. The fraction of sp³-hybridized carbons (Fsp3) is 0.333. The minimum Gasteiger partial charge on any atom is -0.392 e. The molecule has 1 aromatic rings. The first-order valence-electron chi connectivity index (χ1n) is 4.04. The number of rotatable bonds is 3. The zero-order valence-electron chi connectivity index (χ0n) is 7.20. The second-order valence-electron chi connectivity index (χ2n) is 2.86. The van der Waals surface area contributed by atoms with Crippen molar-refractivity contribution >= 4 is 0 Å². The van der Waals surface area contributed by atoms with Crippen LogP contribution in [0.5, 0.6) is 0 Å². The molecule has 0 aliphatic carbocycles. The van der Waals surface area contributed by atoms with Crippen LogP contribution in [0.15, 0.2) is 18.2 Å². The monoisotopic (exact) mass is 184 g/mol. The molecule has 0 radical (unpaired) electrons. The second kappa shape index (κ2) is 4.32. The molecule has 0 spiro atoms. The van der Waals surface area contributed by atoms with Crippen LogP contribution in [0.25, 0.3) is 0 Å². The zero-order valence-corrected chi connectivity index (χ0v) is 7.20. The van der Waals surface area contributed by atoms with Gasteiger partial charge in [-0.1, -0.05) is 6.07 Å². The van der Waals surface area contributed by atoms with Crippen LogP contribution in [0.1, 0.15) is 17.2 Å². The first-order valence-corrected chi connectivity index (χ1v) is 4.04. The Morgan fingerprint density at radius 1 is 1.46 bits per heavy atom. The van der Waals surface area contributed by atoms with Crippen LogP contribution < -0.4 is 11.5 Å². The van der Waals surface area contributed by atoms with Crippen molar-refractivity contribution < 1.29 is 9.50 Å². The lowest BCUT2D eigenvalue weighted by Gasteiger charge is -2.11. The zero-order chi connectivity index (χ0) is 9.84. The molecule has 0 aromatic heterocycles. The Hall–Kier alpha value is -0.970. The van der Waals surface area contributed by atoms with Crippen LogP contribution in [0.4, 0.5) is 4.39 Å². The highest BCUT2D eigenvalue weighted by Gasteiger charge is 2.09. The number of nitrogens with two attached hydrogens (primary N) is 2. The Balaban J connectivity index is 3.03. The summed E-state index contributed by atoms with van der Waals surface area (Å²) in [5.74, 6) is -0.379. The van der Waals surface area contributed by atoms with Crippen molar-refractivity contribution in [2.24, 2.45) is 11.5 Å². The van der Waals surface area contributed by atoms with E-state index in [1.54, 1.807) is 0 Å². The van der Waals surface area contributed by atoms with Gasteiger partial charge in [0.2, 0.25) is 0 Å². The Labute approximate surface area is 76.2 Å². The molecular weight excluding hydrogens is 171 g/mol. The van der Waals surface area contributed by atoms with Gasteiger partial charge in [-0.2, -0.15) is 0 Å². The summed E-state index contributed by atoms with van der Waals surface area (Å²) >= 11 is 0. The third-order valence-corrected chi connectivity index (χ3v) is 1.90. The van der Waals surface area contributed by atoms with Gasteiger partial charge >= 0.3 is 0 Å². The predicted octanol–water partition coefficient (Wildman–Crippen LogP) is 0.276. The average molecular weight is 184 g/mol. The summed E-state index contributed by atoms with van der Waals surface area (Å²) in [6.07, 6.45) is 0. The molecule has 0 saturated carbocycles. The molecule has 1 unspecified atom stereocenters. The van der Waals surface area contributed by atoms with Crippen LogP contribution in [-0.4, -0.2) is 11.7 Å². The van der Waals surface area contributed by atoms with Crippen molar-refractivity contribution in [3.8, 4) is 0 Å². The van der Waals surface area contributed by atoms with Gasteiger partial charge in [0.15, 0.2) is 0 Å². The Morgan fingerprint density at radius 3 is 2.69 bits per heavy atom. The highest BCUT2D eigenvalue weighted by atomic mass is 19.1. The van der Waals surface area contributed by atoms with E-state index in [9.17, 15) is 4.39 Å². The van der Waals surface area contributed by atoms with Gasteiger partial charge in [-0.25, -0.2) is 4.39 Å². The maximum absolute atomic E-state index is 13.1. The molecular formula is C9H13FN2O. The highest BCUT2D eigenvalue weighted by molar-refractivity contribution is 5.27. The van der Waals surface area contributed by atoms with Crippen molar-refractivity contribution in [1.29, 1.82) is 0 Å². The van der Waals surface area contributed by atoms with E-state index in [0.29, 0.717) is 11.1 Å². The van der Waals surface area contributed by atoms with Crippen LogP contribution in [0, 0.1) is 5.82 Å². The van der Waals surface area contributed by atoms with Gasteiger partial charge in [-0.05, 0) is 17.7 Å². The number of aliphatic hydroxyl groups is 1. The van der Waals surface area contributed by atoms with Gasteiger partial charge in [0.25, 0.3) is 0 Å². The summed E-state index contributed by atoms with van der Waals surface area (Å²) in [5.41, 5.74) is 11.9. The van der Waals surface area contributed by atoms with Crippen LogP contribution >= 0.6 is 0 Å². The van der Waals surface area contributed by atoms with Crippen molar-refractivity contribution in [1.82, 2.24) is 0 Å².